The highest BCUT2D eigenvalue weighted by atomic mass is 32.1. The van der Waals surface area contributed by atoms with Crippen LogP contribution in [0.3, 0.4) is 0 Å². The number of nitrogens with zero attached hydrogens (tertiary/aromatic N) is 3. The Kier molecular flexibility index (Phi) is 15.4. The van der Waals surface area contributed by atoms with E-state index >= 15 is 0 Å². The molecule has 2 aromatic rings. The molecular formula is C38H58N4O6S. The number of aliphatic hydroxyl groups excluding tert-OH is 1. The lowest BCUT2D eigenvalue weighted by Gasteiger charge is -2.37. The van der Waals surface area contributed by atoms with Crippen LogP contribution in [-0.4, -0.2) is 87.3 Å². The smallest absolute Gasteiger partial charge is 0.306 e. The predicted octanol–water partition coefficient (Wildman–Crippen LogP) is 5.92. The summed E-state index contributed by atoms with van der Waals surface area (Å²) in [5.74, 6) is -2.36. The Balaban J connectivity index is 1.71. The Morgan fingerprint density at radius 2 is 1.76 bits per heavy atom. The maximum Gasteiger partial charge on any atom is 0.306 e. The highest BCUT2D eigenvalue weighted by Crippen LogP contribution is 2.31. The molecule has 2 amide bonds. The SMILES string of the molecule is CCC(C)[C@H](CC(=O)C1CCCCN1C)C(=O)N(C)C(C[C@@H](O)c1nc(C(=O)N[C@@H](Cc2ccc(C)cc2)C[C@H](C)C(=O)O)cs1)C(C)C. The first kappa shape index (κ1) is 40.3. The van der Waals surface area contributed by atoms with E-state index in [1.807, 2.05) is 65.9 Å². The fraction of sp³-hybridized carbons (Fsp3) is 0.658. The third kappa shape index (κ3) is 11.4. The van der Waals surface area contributed by atoms with E-state index in [9.17, 15) is 29.4 Å². The fourth-order valence-electron chi connectivity index (χ4n) is 6.82. The number of aliphatic carboxylic acids is 1. The third-order valence-corrected chi connectivity index (χ3v) is 11.3. The zero-order chi connectivity index (χ0) is 36.4. The Labute approximate surface area is 296 Å². The van der Waals surface area contributed by atoms with Crippen molar-refractivity contribution >= 4 is 34.9 Å². The number of aliphatic hydroxyl groups is 1. The van der Waals surface area contributed by atoms with Gasteiger partial charge >= 0.3 is 5.97 Å². The van der Waals surface area contributed by atoms with Gasteiger partial charge in [0.05, 0.1) is 12.0 Å². The highest BCUT2D eigenvalue weighted by Gasteiger charge is 2.37. The summed E-state index contributed by atoms with van der Waals surface area (Å²) >= 11 is 1.18. The Hall–Kier alpha value is -3.15. The van der Waals surface area contributed by atoms with Crippen molar-refractivity contribution in [2.75, 3.05) is 20.6 Å². The van der Waals surface area contributed by atoms with Gasteiger partial charge in [-0.1, -0.05) is 77.3 Å². The standard InChI is InChI=1S/C38H58N4O6S/c1-9-25(5)29(20-33(43)31-12-10-11-17-41(31)7)37(46)42(8)32(23(2)3)21-34(44)36-40-30(22-49-36)35(45)39-28(18-26(6)38(47)48)19-27-15-13-24(4)14-16-27/h13-16,22-23,25-26,28-29,31-32,34,44H,9-12,17-21H2,1-8H3,(H,39,45)(H,47,48)/t25?,26-,28+,29-,31?,32?,34+/m0/s1. The van der Waals surface area contributed by atoms with Gasteiger partial charge in [-0.05, 0) is 63.6 Å². The average Bonchev–Trinajstić information content (AvgIpc) is 3.57. The number of carboxylic acids is 1. The molecule has 0 saturated carbocycles. The Morgan fingerprint density at radius 3 is 2.35 bits per heavy atom. The zero-order valence-electron chi connectivity index (χ0n) is 30.6. The van der Waals surface area contributed by atoms with Gasteiger partial charge in [-0.25, -0.2) is 4.98 Å². The van der Waals surface area contributed by atoms with Crippen LogP contribution in [0.2, 0.25) is 0 Å². The van der Waals surface area contributed by atoms with Gasteiger partial charge in [-0.2, -0.15) is 0 Å². The molecule has 0 aliphatic carbocycles. The zero-order valence-corrected chi connectivity index (χ0v) is 31.5. The van der Waals surface area contributed by atoms with Crippen LogP contribution in [0.4, 0.5) is 0 Å². The summed E-state index contributed by atoms with van der Waals surface area (Å²) in [5, 5.41) is 25.8. The number of ketones is 1. The van der Waals surface area contributed by atoms with Crippen molar-refractivity contribution in [2.45, 2.75) is 117 Å². The molecule has 1 aliphatic heterocycles. The van der Waals surface area contributed by atoms with E-state index in [0.717, 1.165) is 43.4 Å². The van der Waals surface area contributed by atoms with Crippen LogP contribution in [-0.2, 0) is 20.8 Å². The quantitative estimate of drug-likeness (QED) is 0.175. The van der Waals surface area contributed by atoms with Gasteiger partial charge in [0.25, 0.3) is 5.91 Å². The molecule has 1 fully saturated rings. The first-order valence-corrected chi connectivity index (χ1v) is 18.7. The summed E-state index contributed by atoms with van der Waals surface area (Å²) in [6, 6.07) is 7.03. The average molecular weight is 699 g/mol. The lowest BCUT2D eigenvalue weighted by molar-refractivity contribution is -0.143. The molecule has 11 heteroatoms. The number of thiazole rings is 1. The normalized spacial score (nSPS) is 19.0. The van der Waals surface area contributed by atoms with Gasteiger partial charge in [0.1, 0.15) is 16.8 Å². The number of likely N-dealkylation sites (tertiary alicyclic amines) is 1. The molecule has 1 aliphatic rings. The fourth-order valence-corrected chi connectivity index (χ4v) is 7.61. The second kappa shape index (κ2) is 18.7. The molecule has 2 heterocycles. The van der Waals surface area contributed by atoms with Crippen LogP contribution in [0.25, 0.3) is 0 Å². The van der Waals surface area contributed by atoms with Crippen molar-refractivity contribution < 1.29 is 29.4 Å². The van der Waals surface area contributed by atoms with E-state index in [-0.39, 0.29) is 60.6 Å². The number of piperidine rings is 1. The van der Waals surface area contributed by atoms with E-state index in [0.29, 0.717) is 11.4 Å². The van der Waals surface area contributed by atoms with Gasteiger partial charge in [0.15, 0.2) is 5.78 Å². The summed E-state index contributed by atoms with van der Waals surface area (Å²) in [4.78, 5) is 60.7. The van der Waals surface area contributed by atoms with Crippen molar-refractivity contribution in [3.63, 3.8) is 0 Å². The van der Waals surface area contributed by atoms with Crippen LogP contribution in [0, 0.1) is 30.6 Å². The van der Waals surface area contributed by atoms with Crippen LogP contribution in [0.15, 0.2) is 29.6 Å². The van der Waals surface area contributed by atoms with Gasteiger partial charge in [-0.3, -0.25) is 24.1 Å². The molecule has 272 valence electrons. The van der Waals surface area contributed by atoms with Crippen molar-refractivity contribution in [1.29, 1.82) is 0 Å². The second-order valence-electron chi connectivity index (χ2n) is 14.6. The number of aryl methyl sites for hydroxylation is 1. The largest absolute Gasteiger partial charge is 0.481 e. The summed E-state index contributed by atoms with van der Waals surface area (Å²) < 4.78 is 0. The Morgan fingerprint density at radius 1 is 1.08 bits per heavy atom. The number of rotatable bonds is 18. The number of nitrogens with one attached hydrogen (secondary N) is 1. The molecule has 10 nitrogen and oxygen atoms in total. The van der Waals surface area contributed by atoms with Crippen LogP contribution < -0.4 is 5.32 Å². The number of amides is 2. The van der Waals surface area contributed by atoms with Crippen molar-refractivity contribution in [1.82, 2.24) is 20.1 Å². The van der Waals surface area contributed by atoms with Crippen molar-refractivity contribution in [3.8, 4) is 0 Å². The molecule has 0 spiro atoms. The van der Waals surface area contributed by atoms with Gasteiger partial charge in [0.2, 0.25) is 5.91 Å². The van der Waals surface area contributed by atoms with E-state index in [2.05, 4.69) is 15.2 Å². The molecule has 1 saturated heterocycles. The van der Waals surface area contributed by atoms with Gasteiger partial charge < -0.3 is 20.4 Å². The van der Waals surface area contributed by atoms with Gasteiger partial charge in [-0.15, -0.1) is 11.3 Å². The Bertz CT molecular complexity index is 1390. The van der Waals surface area contributed by atoms with Crippen LogP contribution in [0.1, 0.15) is 112 Å². The van der Waals surface area contributed by atoms with Crippen LogP contribution >= 0.6 is 11.3 Å². The van der Waals surface area contributed by atoms with Gasteiger partial charge in [0, 0.05) is 43.3 Å². The van der Waals surface area contributed by atoms with E-state index in [4.69, 9.17) is 0 Å². The third-order valence-electron chi connectivity index (χ3n) is 10.3. The molecular weight excluding hydrogens is 641 g/mol. The molecule has 1 aromatic heterocycles. The minimum atomic E-state index is -1.01. The lowest BCUT2D eigenvalue weighted by Crippen LogP contribution is -2.48. The van der Waals surface area contributed by atoms with E-state index < -0.39 is 35.9 Å². The topological polar surface area (TPSA) is 140 Å². The summed E-state index contributed by atoms with van der Waals surface area (Å²) in [6.45, 7) is 12.6. The number of aromatic nitrogens is 1. The first-order chi connectivity index (χ1) is 23.1. The van der Waals surface area contributed by atoms with E-state index in [1.165, 1.54) is 11.3 Å². The van der Waals surface area contributed by atoms with Crippen molar-refractivity contribution in [3.05, 3.63) is 51.5 Å². The molecule has 7 atom stereocenters. The molecule has 3 rings (SSSR count). The number of benzene rings is 1. The summed E-state index contributed by atoms with van der Waals surface area (Å²) in [5.41, 5.74) is 2.26. The summed E-state index contributed by atoms with van der Waals surface area (Å²) in [7, 11) is 3.75. The lowest BCUT2D eigenvalue weighted by atomic mass is 9.83. The number of carbonyl (C=O) groups is 4. The molecule has 3 unspecified atom stereocenters. The van der Waals surface area contributed by atoms with Crippen LogP contribution in [0.5, 0.6) is 0 Å². The number of likely N-dealkylation sites (N-methyl/N-ethyl adjacent to an activating group) is 1. The first-order valence-electron chi connectivity index (χ1n) is 17.8. The monoisotopic (exact) mass is 698 g/mol. The number of hydrogen-bond acceptors (Lipinski definition) is 8. The van der Waals surface area contributed by atoms with E-state index in [1.54, 1.807) is 24.3 Å². The number of hydrogen-bond donors (Lipinski definition) is 3. The van der Waals surface area contributed by atoms with Crippen molar-refractivity contribution in [2.24, 2.45) is 23.7 Å². The molecule has 0 bridgehead atoms. The number of carbonyl (C=O) groups excluding carboxylic acids is 3. The maximum absolute atomic E-state index is 14.0. The highest BCUT2D eigenvalue weighted by molar-refractivity contribution is 7.09. The minimum Gasteiger partial charge on any atom is -0.481 e. The molecule has 1 aromatic carbocycles. The summed E-state index contributed by atoms with van der Waals surface area (Å²) in [6.07, 6.45) is 3.87. The molecule has 49 heavy (non-hydrogen) atoms. The number of Topliss-reactive ketones (excluding diaryl/α,β-unsaturated/α-hetero) is 1. The minimum absolute atomic E-state index is 0.0165. The molecule has 3 N–H and O–H groups in total. The molecule has 0 radical (unpaired) electrons. The number of carboxylic acid groups (broad SMARTS) is 1. The second-order valence-corrected chi connectivity index (χ2v) is 15.5. The maximum atomic E-state index is 14.0. The predicted molar refractivity (Wildman–Crippen MR) is 193 cm³/mol.